The standard InChI is InChI=1S/C13H16BrNO4/c1-4-13(2,12(17)18)15-11(16)8-5-6-10(19-3)9(14)7-8/h5-7H,4H2,1-3H3,(H,15,16)(H,17,18). The number of halogens is 1. The maximum Gasteiger partial charge on any atom is 0.329 e. The van der Waals surface area contributed by atoms with Crippen LogP contribution in [0.25, 0.3) is 0 Å². The van der Waals surface area contributed by atoms with Crippen LogP contribution in [0.2, 0.25) is 0 Å². The van der Waals surface area contributed by atoms with Gasteiger partial charge >= 0.3 is 5.97 Å². The number of rotatable bonds is 5. The number of benzene rings is 1. The van der Waals surface area contributed by atoms with Crippen molar-refractivity contribution in [1.29, 1.82) is 0 Å². The largest absolute Gasteiger partial charge is 0.496 e. The molecule has 0 radical (unpaired) electrons. The monoisotopic (exact) mass is 329 g/mol. The lowest BCUT2D eigenvalue weighted by atomic mass is 9.98. The van der Waals surface area contributed by atoms with E-state index in [1.165, 1.54) is 14.0 Å². The van der Waals surface area contributed by atoms with Gasteiger partial charge in [-0.15, -0.1) is 0 Å². The molecule has 1 atom stereocenters. The van der Waals surface area contributed by atoms with Gasteiger partial charge in [-0.05, 0) is 47.5 Å². The highest BCUT2D eigenvalue weighted by atomic mass is 79.9. The molecular formula is C13H16BrNO4. The molecule has 0 spiro atoms. The van der Waals surface area contributed by atoms with Crippen LogP contribution in [0, 0.1) is 0 Å². The van der Waals surface area contributed by atoms with Crippen LogP contribution in [0.3, 0.4) is 0 Å². The highest BCUT2D eigenvalue weighted by molar-refractivity contribution is 9.10. The number of ether oxygens (including phenoxy) is 1. The Bertz CT molecular complexity index is 503. The summed E-state index contributed by atoms with van der Waals surface area (Å²) in [6.07, 6.45) is 0.297. The lowest BCUT2D eigenvalue weighted by Gasteiger charge is -2.24. The van der Waals surface area contributed by atoms with Crippen LogP contribution >= 0.6 is 15.9 Å². The summed E-state index contributed by atoms with van der Waals surface area (Å²) in [6.45, 7) is 3.18. The van der Waals surface area contributed by atoms with Crippen molar-refractivity contribution in [1.82, 2.24) is 5.32 Å². The Balaban J connectivity index is 2.95. The van der Waals surface area contributed by atoms with Gasteiger partial charge in [-0.3, -0.25) is 4.79 Å². The van der Waals surface area contributed by atoms with Gasteiger partial charge in [0, 0.05) is 5.56 Å². The summed E-state index contributed by atoms with van der Waals surface area (Å²) < 4.78 is 5.70. The van der Waals surface area contributed by atoms with Crippen molar-refractivity contribution >= 4 is 27.8 Å². The van der Waals surface area contributed by atoms with Gasteiger partial charge in [0.05, 0.1) is 11.6 Å². The normalized spacial score (nSPS) is 13.5. The number of nitrogens with one attached hydrogen (secondary N) is 1. The Morgan fingerprint density at radius 2 is 2.11 bits per heavy atom. The molecule has 1 aromatic rings. The number of carboxylic acids is 1. The van der Waals surface area contributed by atoms with E-state index >= 15 is 0 Å². The molecule has 1 aromatic carbocycles. The zero-order chi connectivity index (χ0) is 14.6. The van der Waals surface area contributed by atoms with Crippen molar-refractivity contribution in [3.05, 3.63) is 28.2 Å². The molecule has 0 saturated heterocycles. The molecule has 0 aliphatic carbocycles. The van der Waals surface area contributed by atoms with Crippen LogP contribution in [-0.2, 0) is 4.79 Å². The minimum Gasteiger partial charge on any atom is -0.496 e. The van der Waals surface area contributed by atoms with Gasteiger partial charge in [0.25, 0.3) is 5.91 Å². The molecule has 0 aliphatic heterocycles. The van der Waals surface area contributed by atoms with E-state index in [0.717, 1.165) is 0 Å². The zero-order valence-electron chi connectivity index (χ0n) is 11.0. The van der Waals surface area contributed by atoms with Gasteiger partial charge in [0.1, 0.15) is 11.3 Å². The first-order chi connectivity index (χ1) is 8.84. The number of carbonyl (C=O) groups excluding carboxylic acids is 1. The summed E-state index contributed by atoms with van der Waals surface area (Å²) in [5, 5.41) is 11.6. The molecule has 0 bridgehead atoms. The van der Waals surface area contributed by atoms with Crippen LogP contribution < -0.4 is 10.1 Å². The molecule has 1 amide bonds. The quantitative estimate of drug-likeness (QED) is 0.869. The molecule has 0 aromatic heterocycles. The Kier molecular flexibility index (Phi) is 4.94. The van der Waals surface area contributed by atoms with E-state index in [2.05, 4.69) is 21.2 Å². The fourth-order valence-corrected chi connectivity index (χ4v) is 1.96. The van der Waals surface area contributed by atoms with Crippen molar-refractivity contribution in [2.24, 2.45) is 0 Å². The summed E-state index contributed by atoms with van der Waals surface area (Å²) in [5.74, 6) is -0.890. The summed E-state index contributed by atoms with van der Waals surface area (Å²) in [4.78, 5) is 23.2. The maximum atomic E-state index is 12.0. The van der Waals surface area contributed by atoms with Gasteiger partial charge in [-0.25, -0.2) is 4.79 Å². The number of hydrogen-bond acceptors (Lipinski definition) is 3. The fraction of sp³-hybridized carbons (Fsp3) is 0.385. The molecule has 104 valence electrons. The number of methoxy groups -OCH3 is 1. The Labute approximate surface area is 120 Å². The number of carboxylic acid groups (broad SMARTS) is 1. The van der Waals surface area contributed by atoms with E-state index in [9.17, 15) is 9.59 Å². The smallest absolute Gasteiger partial charge is 0.329 e. The average Bonchev–Trinajstić information content (AvgIpc) is 2.38. The van der Waals surface area contributed by atoms with Crippen molar-refractivity contribution in [2.75, 3.05) is 7.11 Å². The number of carbonyl (C=O) groups is 2. The van der Waals surface area contributed by atoms with Crippen LogP contribution in [0.4, 0.5) is 0 Å². The average molecular weight is 330 g/mol. The van der Waals surface area contributed by atoms with E-state index in [0.29, 0.717) is 22.2 Å². The molecular weight excluding hydrogens is 314 g/mol. The van der Waals surface area contributed by atoms with Crippen LogP contribution in [0.5, 0.6) is 5.75 Å². The molecule has 0 aliphatic rings. The zero-order valence-corrected chi connectivity index (χ0v) is 12.6. The Morgan fingerprint density at radius 1 is 1.47 bits per heavy atom. The molecule has 0 heterocycles. The summed E-state index contributed by atoms with van der Waals surface area (Å²) in [7, 11) is 1.53. The van der Waals surface area contributed by atoms with Gasteiger partial charge in [-0.2, -0.15) is 0 Å². The molecule has 0 fully saturated rings. The van der Waals surface area contributed by atoms with Crippen molar-refractivity contribution < 1.29 is 19.4 Å². The molecule has 0 saturated carbocycles. The van der Waals surface area contributed by atoms with Crippen LogP contribution in [-0.4, -0.2) is 29.6 Å². The van der Waals surface area contributed by atoms with E-state index in [4.69, 9.17) is 9.84 Å². The van der Waals surface area contributed by atoms with Crippen molar-refractivity contribution in [3.8, 4) is 5.75 Å². The lowest BCUT2D eigenvalue weighted by molar-refractivity contribution is -0.143. The maximum absolute atomic E-state index is 12.0. The highest BCUT2D eigenvalue weighted by Crippen LogP contribution is 2.25. The SMILES string of the molecule is CCC(C)(NC(=O)c1ccc(OC)c(Br)c1)C(=O)O. The topological polar surface area (TPSA) is 75.6 Å². The first-order valence-electron chi connectivity index (χ1n) is 5.73. The van der Waals surface area contributed by atoms with Gasteiger partial charge in [-0.1, -0.05) is 6.92 Å². The summed E-state index contributed by atoms with van der Waals surface area (Å²) in [5.41, 5.74) is -0.905. The Morgan fingerprint density at radius 3 is 2.53 bits per heavy atom. The second-order valence-corrected chi connectivity index (χ2v) is 5.15. The molecule has 2 N–H and O–H groups in total. The molecule has 5 nitrogen and oxygen atoms in total. The number of aliphatic carboxylic acids is 1. The number of amides is 1. The van der Waals surface area contributed by atoms with E-state index in [-0.39, 0.29) is 0 Å². The van der Waals surface area contributed by atoms with E-state index < -0.39 is 17.4 Å². The predicted molar refractivity (Wildman–Crippen MR) is 74.5 cm³/mol. The first kappa shape index (κ1) is 15.5. The van der Waals surface area contributed by atoms with Crippen molar-refractivity contribution in [2.45, 2.75) is 25.8 Å². The predicted octanol–water partition coefficient (Wildman–Crippen LogP) is 2.44. The third-order valence-electron chi connectivity index (χ3n) is 2.98. The minimum absolute atomic E-state index is 0.297. The van der Waals surface area contributed by atoms with Gasteiger partial charge in [0.15, 0.2) is 0 Å². The highest BCUT2D eigenvalue weighted by Gasteiger charge is 2.33. The fourth-order valence-electron chi connectivity index (χ4n) is 1.42. The third-order valence-corrected chi connectivity index (χ3v) is 3.60. The van der Waals surface area contributed by atoms with Crippen LogP contribution in [0.15, 0.2) is 22.7 Å². The second-order valence-electron chi connectivity index (χ2n) is 4.29. The molecule has 6 heteroatoms. The van der Waals surface area contributed by atoms with E-state index in [1.807, 2.05) is 0 Å². The van der Waals surface area contributed by atoms with E-state index in [1.54, 1.807) is 25.1 Å². The van der Waals surface area contributed by atoms with Gasteiger partial charge in [0.2, 0.25) is 0 Å². The molecule has 19 heavy (non-hydrogen) atoms. The minimum atomic E-state index is -1.27. The number of hydrogen-bond donors (Lipinski definition) is 2. The molecule has 1 unspecified atom stereocenters. The second kappa shape index (κ2) is 6.06. The summed E-state index contributed by atoms with van der Waals surface area (Å²) in [6, 6.07) is 4.81. The molecule has 1 rings (SSSR count). The van der Waals surface area contributed by atoms with Crippen LogP contribution in [0.1, 0.15) is 30.6 Å². The first-order valence-corrected chi connectivity index (χ1v) is 6.52. The van der Waals surface area contributed by atoms with Crippen molar-refractivity contribution in [3.63, 3.8) is 0 Å². The third kappa shape index (κ3) is 3.47. The Hall–Kier alpha value is -1.56. The lowest BCUT2D eigenvalue weighted by Crippen LogP contribution is -2.51. The summed E-state index contributed by atoms with van der Waals surface area (Å²) >= 11 is 3.28. The van der Waals surface area contributed by atoms with Gasteiger partial charge < -0.3 is 15.2 Å².